The van der Waals surface area contributed by atoms with Crippen LogP contribution in [0.2, 0.25) is 0 Å². The molecule has 0 spiro atoms. The van der Waals surface area contributed by atoms with Crippen molar-refractivity contribution in [3.8, 4) is 0 Å². The number of hydrogen-bond acceptors (Lipinski definition) is 4. The molecule has 2 atom stereocenters. The molecule has 3 N–H and O–H groups in total. The van der Waals surface area contributed by atoms with Crippen LogP contribution in [0.1, 0.15) is 31.4 Å². The van der Waals surface area contributed by atoms with Crippen LogP contribution in [0.5, 0.6) is 0 Å². The summed E-state index contributed by atoms with van der Waals surface area (Å²) in [5.74, 6) is -0.874. The average Bonchev–Trinajstić information content (AvgIpc) is 2.92. The Bertz CT molecular complexity index is 1310. The molecule has 0 aromatic heterocycles. The van der Waals surface area contributed by atoms with Gasteiger partial charge in [-0.1, -0.05) is 78.9 Å². The third-order valence-corrected chi connectivity index (χ3v) is 6.88. The SMILES string of the molecule is CNC(=O)C(Cc1ccccc1)N(C)C(=O)C(Cc1ccc2ccccc2c1)N(C)C(=O)/C=C/CC(C)(C)N. The van der Waals surface area contributed by atoms with E-state index in [2.05, 4.69) is 5.32 Å². The summed E-state index contributed by atoms with van der Waals surface area (Å²) in [7, 11) is 4.82. The molecule has 206 valence electrons. The van der Waals surface area contributed by atoms with E-state index in [-0.39, 0.29) is 17.7 Å². The van der Waals surface area contributed by atoms with Gasteiger partial charge in [0.2, 0.25) is 17.7 Å². The van der Waals surface area contributed by atoms with E-state index >= 15 is 0 Å². The van der Waals surface area contributed by atoms with Gasteiger partial charge in [-0.2, -0.15) is 0 Å². The quantitative estimate of drug-likeness (QED) is 0.371. The number of benzene rings is 3. The predicted octanol–water partition coefficient (Wildman–Crippen LogP) is 3.71. The average molecular weight is 529 g/mol. The van der Waals surface area contributed by atoms with Crippen molar-refractivity contribution in [2.45, 2.75) is 50.7 Å². The van der Waals surface area contributed by atoms with E-state index in [1.165, 1.54) is 15.9 Å². The van der Waals surface area contributed by atoms with Gasteiger partial charge in [-0.25, -0.2) is 0 Å². The smallest absolute Gasteiger partial charge is 0.246 e. The molecular formula is C32H40N4O3. The molecule has 0 aliphatic rings. The predicted molar refractivity (Wildman–Crippen MR) is 157 cm³/mol. The van der Waals surface area contributed by atoms with Crippen LogP contribution in [0.4, 0.5) is 0 Å². The lowest BCUT2D eigenvalue weighted by molar-refractivity contribution is -0.146. The number of likely N-dealkylation sites (N-methyl/N-ethyl adjacent to an activating group) is 3. The molecule has 0 aliphatic heterocycles. The van der Waals surface area contributed by atoms with E-state index in [1.54, 1.807) is 27.2 Å². The van der Waals surface area contributed by atoms with Crippen LogP contribution in [-0.4, -0.2) is 66.3 Å². The summed E-state index contributed by atoms with van der Waals surface area (Å²) in [4.78, 5) is 43.1. The number of nitrogens with one attached hydrogen (secondary N) is 1. The Labute approximate surface area is 231 Å². The van der Waals surface area contributed by atoms with E-state index in [4.69, 9.17) is 5.73 Å². The summed E-state index contributed by atoms with van der Waals surface area (Å²) in [6.45, 7) is 3.77. The number of rotatable bonds is 11. The molecule has 0 radical (unpaired) electrons. The van der Waals surface area contributed by atoms with Crippen LogP contribution in [0.15, 0.2) is 84.9 Å². The van der Waals surface area contributed by atoms with Gasteiger partial charge in [-0.3, -0.25) is 14.4 Å². The number of carbonyl (C=O) groups is 3. The Hall–Kier alpha value is -3.97. The van der Waals surface area contributed by atoms with Crippen LogP contribution < -0.4 is 11.1 Å². The van der Waals surface area contributed by atoms with Crippen molar-refractivity contribution < 1.29 is 14.4 Å². The molecule has 0 fully saturated rings. The molecule has 0 bridgehead atoms. The Morgan fingerprint density at radius 3 is 2.10 bits per heavy atom. The summed E-state index contributed by atoms with van der Waals surface area (Å²) in [6, 6.07) is 22.1. The summed E-state index contributed by atoms with van der Waals surface area (Å²) < 4.78 is 0. The van der Waals surface area contributed by atoms with Crippen molar-refractivity contribution in [2.75, 3.05) is 21.1 Å². The summed E-state index contributed by atoms with van der Waals surface area (Å²) in [5.41, 5.74) is 7.47. The first kappa shape index (κ1) is 29.6. The second kappa shape index (κ2) is 13.2. The third-order valence-electron chi connectivity index (χ3n) is 6.88. The van der Waals surface area contributed by atoms with Crippen molar-refractivity contribution in [3.05, 3.63) is 96.1 Å². The van der Waals surface area contributed by atoms with Crippen molar-refractivity contribution in [3.63, 3.8) is 0 Å². The Morgan fingerprint density at radius 1 is 0.846 bits per heavy atom. The molecule has 3 aromatic rings. The number of nitrogens with two attached hydrogens (primary N) is 1. The van der Waals surface area contributed by atoms with E-state index in [0.717, 1.165) is 21.9 Å². The lowest BCUT2D eigenvalue weighted by atomic mass is 9.98. The highest BCUT2D eigenvalue weighted by atomic mass is 16.2. The highest BCUT2D eigenvalue weighted by Crippen LogP contribution is 2.20. The zero-order chi connectivity index (χ0) is 28.6. The second-order valence-electron chi connectivity index (χ2n) is 10.7. The van der Waals surface area contributed by atoms with E-state index < -0.39 is 17.6 Å². The van der Waals surface area contributed by atoms with Crippen LogP contribution in [0.3, 0.4) is 0 Å². The van der Waals surface area contributed by atoms with Crippen molar-refractivity contribution >= 4 is 28.5 Å². The molecular weight excluding hydrogens is 488 g/mol. The second-order valence-corrected chi connectivity index (χ2v) is 10.7. The van der Waals surface area contributed by atoms with Crippen LogP contribution >= 0.6 is 0 Å². The molecule has 0 heterocycles. The van der Waals surface area contributed by atoms with Crippen molar-refractivity contribution in [2.24, 2.45) is 5.73 Å². The molecule has 2 unspecified atom stereocenters. The normalized spacial score (nSPS) is 13.2. The molecule has 3 rings (SSSR count). The minimum absolute atomic E-state index is 0.266. The largest absolute Gasteiger partial charge is 0.357 e. The van der Waals surface area contributed by atoms with Gasteiger partial charge in [0.25, 0.3) is 0 Å². The maximum Gasteiger partial charge on any atom is 0.246 e. The molecule has 0 saturated carbocycles. The van der Waals surface area contributed by atoms with Crippen LogP contribution in [0.25, 0.3) is 10.8 Å². The third kappa shape index (κ3) is 8.26. The fourth-order valence-electron chi connectivity index (χ4n) is 4.51. The monoisotopic (exact) mass is 528 g/mol. The number of amides is 3. The minimum atomic E-state index is -0.817. The van der Waals surface area contributed by atoms with E-state index in [9.17, 15) is 14.4 Å². The zero-order valence-electron chi connectivity index (χ0n) is 23.6. The van der Waals surface area contributed by atoms with Crippen LogP contribution in [-0.2, 0) is 27.2 Å². The Morgan fingerprint density at radius 2 is 1.46 bits per heavy atom. The number of hydrogen-bond donors (Lipinski definition) is 2. The highest BCUT2D eigenvalue weighted by molar-refractivity contribution is 5.95. The van der Waals surface area contributed by atoms with E-state index in [1.807, 2.05) is 86.6 Å². The molecule has 0 saturated heterocycles. The van der Waals surface area contributed by atoms with Gasteiger partial charge in [0, 0.05) is 39.5 Å². The number of fused-ring (bicyclic) bond motifs is 1. The van der Waals surface area contributed by atoms with Gasteiger partial charge in [0.15, 0.2) is 0 Å². The first-order valence-electron chi connectivity index (χ1n) is 13.2. The summed E-state index contributed by atoms with van der Waals surface area (Å²) >= 11 is 0. The zero-order valence-corrected chi connectivity index (χ0v) is 23.6. The van der Waals surface area contributed by atoms with Gasteiger partial charge < -0.3 is 20.9 Å². The first-order chi connectivity index (χ1) is 18.5. The maximum atomic E-state index is 14.1. The number of carbonyl (C=O) groups excluding carboxylic acids is 3. The van der Waals surface area contributed by atoms with Gasteiger partial charge in [0.05, 0.1) is 0 Å². The standard InChI is InChI=1S/C32H40N4O3/c1-32(2,33)19-11-16-29(37)35(4)28(22-24-17-18-25-14-9-10-15-26(25)20-24)31(39)36(5)27(30(38)34-3)21-23-12-7-6-8-13-23/h6-18,20,27-28H,19,21-22,33H2,1-5H3,(H,34,38)/b16-11+. The molecule has 7 nitrogen and oxygen atoms in total. The molecule has 39 heavy (non-hydrogen) atoms. The summed E-state index contributed by atoms with van der Waals surface area (Å²) in [5, 5.41) is 4.84. The number of nitrogens with zero attached hydrogens (tertiary/aromatic N) is 2. The first-order valence-corrected chi connectivity index (χ1v) is 13.2. The molecule has 3 amide bonds. The molecule has 3 aromatic carbocycles. The maximum absolute atomic E-state index is 14.1. The minimum Gasteiger partial charge on any atom is -0.357 e. The lowest BCUT2D eigenvalue weighted by Crippen LogP contribution is -2.55. The van der Waals surface area contributed by atoms with Gasteiger partial charge in [-0.15, -0.1) is 0 Å². The van der Waals surface area contributed by atoms with Gasteiger partial charge in [0.1, 0.15) is 12.1 Å². The highest BCUT2D eigenvalue weighted by Gasteiger charge is 2.34. The van der Waals surface area contributed by atoms with Crippen LogP contribution in [0, 0.1) is 0 Å². The van der Waals surface area contributed by atoms with E-state index in [0.29, 0.717) is 19.3 Å². The summed E-state index contributed by atoms with van der Waals surface area (Å²) in [6.07, 6.45) is 4.39. The fourth-order valence-corrected chi connectivity index (χ4v) is 4.51. The topological polar surface area (TPSA) is 95.7 Å². The van der Waals surface area contributed by atoms with Gasteiger partial charge in [-0.05, 0) is 48.2 Å². The lowest BCUT2D eigenvalue weighted by Gasteiger charge is -2.34. The van der Waals surface area contributed by atoms with Gasteiger partial charge >= 0.3 is 0 Å². The molecule has 7 heteroatoms. The molecule has 0 aliphatic carbocycles. The Balaban J connectivity index is 1.93. The Kier molecular flexibility index (Phi) is 10.0. The van der Waals surface area contributed by atoms with Crippen molar-refractivity contribution in [1.82, 2.24) is 15.1 Å². The van der Waals surface area contributed by atoms with Crippen molar-refractivity contribution in [1.29, 1.82) is 0 Å². The fraction of sp³-hybridized carbons (Fsp3) is 0.344.